The molecule has 0 saturated heterocycles. The van der Waals surface area contributed by atoms with E-state index in [4.69, 9.17) is 5.26 Å². The van der Waals surface area contributed by atoms with Crippen molar-refractivity contribution in [3.8, 4) is 6.07 Å². The first-order valence-electron chi connectivity index (χ1n) is 6.97. The van der Waals surface area contributed by atoms with E-state index in [1.165, 1.54) is 0 Å². The fourth-order valence-electron chi connectivity index (χ4n) is 1.88. The van der Waals surface area contributed by atoms with Gasteiger partial charge in [-0.2, -0.15) is 17.0 Å². The molecule has 0 saturated carbocycles. The lowest BCUT2D eigenvalue weighted by molar-refractivity contribution is 0.0956. The molecule has 1 heterocycles. The number of carbonyl (C=O) groups excluding carboxylic acids is 1. The van der Waals surface area contributed by atoms with Crippen LogP contribution in [0.15, 0.2) is 42.6 Å². The predicted octanol–water partition coefficient (Wildman–Crippen LogP) is 2.92. The van der Waals surface area contributed by atoms with Crippen molar-refractivity contribution in [2.45, 2.75) is 12.7 Å². The Morgan fingerprint density at radius 2 is 2.14 bits per heavy atom. The maximum absolute atomic E-state index is 11.9. The molecule has 0 aliphatic heterocycles. The van der Waals surface area contributed by atoms with Crippen LogP contribution in [-0.2, 0) is 5.75 Å². The predicted molar refractivity (Wildman–Crippen MR) is 88.6 cm³/mol. The highest BCUT2D eigenvalue weighted by Gasteiger charge is 2.05. The third kappa shape index (κ3) is 4.61. The molecule has 1 aromatic heterocycles. The zero-order valence-electron chi connectivity index (χ0n) is 12.4. The van der Waals surface area contributed by atoms with Crippen LogP contribution in [0.25, 0.3) is 0 Å². The lowest BCUT2D eigenvalue weighted by Crippen LogP contribution is -2.25. The highest BCUT2D eigenvalue weighted by Crippen LogP contribution is 2.15. The number of nitrogens with zero attached hydrogens (tertiary/aromatic N) is 2. The second-order valence-corrected chi connectivity index (χ2v) is 5.87. The minimum Gasteiger partial charge on any atom is -0.351 e. The summed E-state index contributed by atoms with van der Waals surface area (Å²) in [5.74, 6) is 1.46. The van der Waals surface area contributed by atoms with Gasteiger partial charge in [0.15, 0.2) is 0 Å². The van der Waals surface area contributed by atoms with Crippen LogP contribution in [0, 0.1) is 18.3 Å². The summed E-state index contributed by atoms with van der Waals surface area (Å²) < 4.78 is 0. The van der Waals surface area contributed by atoms with E-state index >= 15 is 0 Å². The molecular weight excluding hydrogens is 294 g/mol. The van der Waals surface area contributed by atoms with Gasteiger partial charge in [-0.15, -0.1) is 0 Å². The Balaban J connectivity index is 1.72. The molecule has 1 N–H and O–H groups in total. The number of nitrogens with one attached hydrogen (secondary N) is 1. The Kier molecular flexibility index (Phi) is 5.99. The van der Waals surface area contributed by atoms with Crippen molar-refractivity contribution in [2.24, 2.45) is 0 Å². The second kappa shape index (κ2) is 8.20. The summed E-state index contributed by atoms with van der Waals surface area (Å²) in [5.41, 5.74) is 3.21. The van der Waals surface area contributed by atoms with Gasteiger partial charge in [-0.05, 0) is 30.7 Å². The van der Waals surface area contributed by atoms with Crippen molar-refractivity contribution in [3.63, 3.8) is 0 Å². The third-order valence-electron chi connectivity index (χ3n) is 3.10. The average molecular weight is 311 g/mol. The Labute approximate surface area is 134 Å². The summed E-state index contributed by atoms with van der Waals surface area (Å²) in [6.45, 7) is 2.48. The summed E-state index contributed by atoms with van der Waals surface area (Å²) in [5, 5.41) is 11.9. The Morgan fingerprint density at radius 3 is 2.86 bits per heavy atom. The van der Waals surface area contributed by atoms with Crippen molar-refractivity contribution in [1.82, 2.24) is 10.3 Å². The molecule has 0 radical (unpaired) electrons. The first-order valence-corrected chi connectivity index (χ1v) is 8.13. The highest BCUT2D eigenvalue weighted by molar-refractivity contribution is 7.98. The molecule has 4 nitrogen and oxygen atoms in total. The van der Waals surface area contributed by atoms with Gasteiger partial charge in [0.2, 0.25) is 0 Å². The molecule has 0 aliphatic rings. The van der Waals surface area contributed by atoms with Crippen LogP contribution in [0.2, 0.25) is 0 Å². The smallest absolute Gasteiger partial charge is 0.252 e. The Morgan fingerprint density at radius 1 is 1.32 bits per heavy atom. The zero-order valence-corrected chi connectivity index (χ0v) is 13.2. The molecular formula is C17H17N3OS. The Bertz CT molecular complexity index is 677. The summed E-state index contributed by atoms with van der Waals surface area (Å²) >= 11 is 1.69. The summed E-state index contributed by atoms with van der Waals surface area (Å²) in [4.78, 5) is 16.0. The third-order valence-corrected chi connectivity index (χ3v) is 4.11. The van der Waals surface area contributed by atoms with Gasteiger partial charge in [0.25, 0.3) is 5.91 Å². The van der Waals surface area contributed by atoms with Gasteiger partial charge in [-0.3, -0.25) is 9.78 Å². The number of aryl methyl sites for hydroxylation is 1. The summed E-state index contributed by atoms with van der Waals surface area (Å²) in [6.07, 6.45) is 1.58. The number of pyridine rings is 1. The van der Waals surface area contributed by atoms with Crippen molar-refractivity contribution in [3.05, 3.63) is 65.0 Å². The first-order chi connectivity index (χ1) is 10.7. The average Bonchev–Trinajstić information content (AvgIpc) is 2.55. The molecule has 1 aromatic carbocycles. The molecule has 2 rings (SSSR count). The van der Waals surface area contributed by atoms with Crippen molar-refractivity contribution < 1.29 is 4.79 Å². The molecule has 2 aromatic rings. The molecule has 0 spiro atoms. The van der Waals surface area contributed by atoms with Crippen molar-refractivity contribution in [1.29, 1.82) is 5.26 Å². The normalized spacial score (nSPS) is 10.0. The van der Waals surface area contributed by atoms with E-state index in [2.05, 4.69) is 16.4 Å². The lowest BCUT2D eigenvalue weighted by atomic mass is 10.1. The molecule has 5 heteroatoms. The number of rotatable bonds is 6. The van der Waals surface area contributed by atoms with Gasteiger partial charge < -0.3 is 5.32 Å². The van der Waals surface area contributed by atoms with Gasteiger partial charge in [-0.25, -0.2) is 0 Å². The van der Waals surface area contributed by atoms with Crippen molar-refractivity contribution in [2.75, 3.05) is 12.3 Å². The molecule has 112 valence electrons. The molecule has 22 heavy (non-hydrogen) atoms. The second-order valence-electron chi connectivity index (χ2n) is 4.77. The van der Waals surface area contributed by atoms with E-state index in [1.54, 1.807) is 24.0 Å². The van der Waals surface area contributed by atoms with Gasteiger partial charge in [0, 0.05) is 29.9 Å². The minimum atomic E-state index is -0.106. The quantitative estimate of drug-likeness (QED) is 0.833. The van der Waals surface area contributed by atoms with Gasteiger partial charge in [0.1, 0.15) is 0 Å². The van der Waals surface area contributed by atoms with Gasteiger partial charge >= 0.3 is 0 Å². The molecule has 0 aliphatic carbocycles. The van der Waals surface area contributed by atoms with E-state index < -0.39 is 0 Å². The fraction of sp³-hybridized carbons (Fsp3) is 0.235. The fourth-order valence-corrected chi connectivity index (χ4v) is 2.74. The lowest BCUT2D eigenvalue weighted by Gasteiger charge is -2.06. The van der Waals surface area contributed by atoms with Crippen molar-refractivity contribution >= 4 is 17.7 Å². The SMILES string of the molecule is Cc1ccc(C(=O)NCCSCc2ccccc2C#N)cn1. The topological polar surface area (TPSA) is 65.8 Å². The van der Waals surface area contributed by atoms with Gasteiger partial charge in [0.05, 0.1) is 17.2 Å². The monoisotopic (exact) mass is 311 g/mol. The van der Waals surface area contributed by atoms with Crippen LogP contribution in [0.3, 0.4) is 0 Å². The zero-order chi connectivity index (χ0) is 15.8. The summed E-state index contributed by atoms with van der Waals surface area (Å²) in [6, 6.07) is 13.4. The largest absolute Gasteiger partial charge is 0.351 e. The number of benzene rings is 1. The number of carbonyl (C=O) groups is 1. The van der Waals surface area contributed by atoms with E-state index in [0.717, 1.165) is 22.8 Å². The number of thioether (sulfide) groups is 1. The number of hydrogen-bond acceptors (Lipinski definition) is 4. The summed E-state index contributed by atoms with van der Waals surface area (Å²) in [7, 11) is 0. The molecule has 0 atom stereocenters. The number of amides is 1. The maximum atomic E-state index is 11.9. The number of hydrogen-bond donors (Lipinski definition) is 1. The Hall–Kier alpha value is -2.32. The van der Waals surface area contributed by atoms with Crippen LogP contribution in [-0.4, -0.2) is 23.2 Å². The van der Waals surface area contributed by atoms with E-state index in [-0.39, 0.29) is 5.91 Å². The van der Waals surface area contributed by atoms with Crippen LogP contribution in [0.4, 0.5) is 0 Å². The first kappa shape index (κ1) is 16.1. The van der Waals surface area contributed by atoms with Crippen LogP contribution >= 0.6 is 11.8 Å². The standard InChI is InChI=1S/C17H17N3OS/c1-13-6-7-15(11-20-13)17(21)19-8-9-22-12-16-5-3-2-4-14(16)10-18/h2-7,11H,8-9,12H2,1H3,(H,19,21). The van der Waals surface area contributed by atoms with Crippen LogP contribution in [0.5, 0.6) is 0 Å². The van der Waals surface area contributed by atoms with Gasteiger partial charge in [-0.1, -0.05) is 18.2 Å². The van der Waals surface area contributed by atoms with Crippen LogP contribution in [0.1, 0.15) is 27.2 Å². The molecule has 1 amide bonds. The number of aromatic nitrogens is 1. The molecule has 0 fully saturated rings. The minimum absolute atomic E-state index is 0.106. The van der Waals surface area contributed by atoms with E-state index in [0.29, 0.717) is 17.7 Å². The molecule has 0 unspecified atom stereocenters. The maximum Gasteiger partial charge on any atom is 0.252 e. The highest BCUT2D eigenvalue weighted by atomic mass is 32.2. The van der Waals surface area contributed by atoms with E-state index in [9.17, 15) is 4.79 Å². The van der Waals surface area contributed by atoms with E-state index in [1.807, 2.05) is 37.3 Å². The number of nitriles is 1. The van der Waals surface area contributed by atoms with Crippen LogP contribution < -0.4 is 5.32 Å². The molecule has 0 bridgehead atoms.